The molecule has 0 bridgehead atoms. The summed E-state index contributed by atoms with van der Waals surface area (Å²) in [5, 5.41) is 0. The summed E-state index contributed by atoms with van der Waals surface area (Å²) in [4.78, 5) is 4.66. The molecule has 0 saturated carbocycles. The molecule has 1 heterocycles. The van der Waals surface area contributed by atoms with Crippen LogP contribution in [0.1, 0.15) is 39.1 Å². The van der Waals surface area contributed by atoms with Gasteiger partial charge in [0.2, 0.25) is 0 Å². The van der Waals surface area contributed by atoms with Gasteiger partial charge < -0.3 is 4.57 Å². The van der Waals surface area contributed by atoms with Gasteiger partial charge in [0.1, 0.15) is 5.82 Å². The van der Waals surface area contributed by atoms with E-state index in [9.17, 15) is 0 Å². The molecule has 2 nitrogen and oxygen atoms in total. The van der Waals surface area contributed by atoms with Gasteiger partial charge in [0, 0.05) is 9.61 Å². The molecule has 0 saturated heterocycles. The van der Waals surface area contributed by atoms with E-state index in [1.54, 1.807) is 0 Å². The Bertz CT molecular complexity index is 550. The average molecular weight is 377 g/mol. The standard InChI is InChI=1S/C14H18ClIN2/c1-4-9(2)10(3)18-13-6-5-11(16)7-12(13)17-14(18)8-15/h5-7,9-10H,4,8H2,1-3H3. The van der Waals surface area contributed by atoms with Gasteiger partial charge in [-0.3, -0.25) is 0 Å². The minimum absolute atomic E-state index is 0.425. The second kappa shape index (κ2) is 5.78. The number of hydrogen-bond acceptors (Lipinski definition) is 1. The number of halogens is 2. The fraction of sp³-hybridized carbons (Fsp3) is 0.500. The maximum atomic E-state index is 6.05. The lowest BCUT2D eigenvalue weighted by Gasteiger charge is -2.22. The predicted molar refractivity (Wildman–Crippen MR) is 86.2 cm³/mol. The van der Waals surface area contributed by atoms with Crippen LogP contribution < -0.4 is 0 Å². The summed E-state index contributed by atoms with van der Waals surface area (Å²) in [6.07, 6.45) is 1.16. The number of benzene rings is 1. The topological polar surface area (TPSA) is 17.8 Å². The second-order valence-corrected chi connectivity index (χ2v) is 6.30. The van der Waals surface area contributed by atoms with E-state index in [2.05, 4.69) is 71.1 Å². The van der Waals surface area contributed by atoms with Gasteiger partial charge in [-0.2, -0.15) is 0 Å². The van der Waals surface area contributed by atoms with Gasteiger partial charge in [0.15, 0.2) is 0 Å². The number of alkyl halides is 1. The van der Waals surface area contributed by atoms with E-state index in [-0.39, 0.29) is 0 Å². The third kappa shape index (κ3) is 2.52. The number of aromatic nitrogens is 2. The summed E-state index contributed by atoms with van der Waals surface area (Å²) in [6.45, 7) is 6.76. The molecule has 1 aromatic heterocycles. The number of nitrogens with zero attached hydrogens (tertiary/aromatic N) is 2. The molecular formula is C14H18ClIN2. The van der Waals surface area contributed by atoms with Crippen LogP contribution in [0.3, 0.4) is 0 Å². The van der Waals surface area contributed by atoms with Crippen molar-refractivity contribution in [2.24, 2.45) is 5.92 Å². The maximum Gasteiger partial charge on any atom is 0.125 e. The summed E-state index contributed by atoms with van der Waals surface area (Å²) in [6, 6.07) is 6.82. The molecule has 98 valence electrons. The summed E-state index contributed by atoms with van der Waals surface area (Å²) in [5.74, 6) is 2.05. The lowest BCUT2D eigenvalue weighted by atomic mass is 10.0. The first-order chi connectivity index (χ1) is 8.58. The SMILES string of the molecule is CCC(C)C(C)n1c(CCl)nc2cc(I)ccc21. The summed E-state index contributed by atoms with van der Waals surface area (Å²) in [5.41, 5.74) is 2.24. The van der Waals surface area contributed by atoms with E-state index in [0.29, 0.717) is 17.8 Å². The first-order valence-corrected chi connectivity index (χ1v) is 7.92. The molecule has 18 heavy (non-hydrogen) atoms. The number of imidazole rings is 1. The van der Waals surface area contributed by atoms with Crippen molar-refractivity contribution in [2.45, 2.75) is 39.1 Å². The predicted octanol–water partition coefficient (Wildman–Crippen LogP) is 4.99. The van der Waals surface area contributed by atoms with E-state index >= 15 is 0 Å². The van der Waals surface area contributed by atoms with Crippen LogP contribution in [0.2, 0.25) is 0 Å². The highest BCUT2D eigenvalue weighted by molar-refractivity contribution is 14.1. The summed E-state index contributed by atoms with van der Waals surface area (Å²) >= 11 is 8.37. The molecule has 2 atom stereocenters. The molecule has 0 radical (unpaired) electrons. The Morgan fingerprint density at radius 1 is 1.39 bits per heavy atom. The monoisotopic (exact) mass is 376 g/mol. The Morgan fingerprint density at radius 2 is 2.11 bits per heavy atom. The Morgan fingerprint density at radius 3 is 2.72 bits per heavy atom. The molecule has 0 aliphatic rings. The lowest BCUT2D eigenvalue weighted by molar-refractivity contribution is 0.371. The van der Waals surface area contributed by atoms with Crippen LogP contribution in [0.4, 0.5) is 0 Å². The van der Waals surface area contributed by atoms with Crippen molar-refractivity contribution in [1.82, 2.24) is 9.55 Å². The van der Waals surface area contributed by atoms with Crippen molar-refractivity contribution in [3.05, 3.63) is 27.6 Å². The molecule has 0 fully saturated rings. The lowest BCUT2D eigenvalue weighted by Crippen LogP contribution is -2.15. The first-order valence-electron chi connectivity index (χ1n) is 6.30. The number of fused-ring (bicyclic) bond motifs is 1. The van der Waals surface area contributed by atoms with E-state index in [1.807, 2.05) is 0 Å². The normalized spacial score (nSPS) is 14.9. The molecule has 2 aromatic rings. The van der Waals surface area contributed by atoms with Crippen LogP contribution in [0.5, 0.6) is 0 Å². The van der Waals surface area contributed by atoms with Crippen LogP contribution >= 0.6 is 34.2 Å². The fourth-order valence-corrected chi connectivity index (χ4v) is 2.93. The molecular weight excluding hydrogens is 359 g/mol. The average Bonchev–Trinajstić information content (AvgIpc) is 2.74. The van der Waals surface area contributed by atoms with Gasteiger partial charge in [-0.25, -0.2) is 4.98 Å². The van der Waals surface area contributed by atoms with Gasteiger partial charge in [0.25, 0.3) is 0 Å². The highest BCUT2D eigenvalue weighted by Gasteiger charge is 2.19. The van der Waals surface area contributed by atoms with Gasteiger partial charge in [-0.15, -0.1) is 11.6 Å². The zero-order valence-electron chi connectivity index (χ0n) is 11.0. The number of hydrogen-bond donors (Lipinski definition) is 0. The van der Waals surface area contributed by atoms with Gasteiger partial charge in [-0.05, 0) is 53.6 Å². The number of rotatable bonds is 4. The van der Waals surface area contributed by atoms with E-state index < -0.39 is 0 Å². The first kappa shape index (κ1) is 14.1. The van der Waals surface area contributed by atoms with Gasteiger partial charge in [-0.1, -0.05) is 20.3 Å². The summed E-state index contributed by atoms with van der Waals surface area (Å²) in [7, 11) is 0. The molecule has 1 aromatic carbocycles. The van der Waals surface area contributed by atoms with Crippen molar-refractivity contribution in [3.63, 3.8) is 0 Å². The van der Waals surface area contributed by atoms with Crippen LogP contribution in [0.15, 0.2) is 18.2 Å². The molecule has 2 rings (SSSR count). The Kier molecular flexibility index (Phi) is 4.54. The minimum atomic E-state index is 0.425. The summed E-state index contributed by atoms with van der Waals surface area (Å²) < 4.78 is 3.51. The van der Waals surface area contributed by atoms with E-state index in [4.69, 9.17) is 11.6 Å². The van der Waals surface area contributed by atoms with Crippen LogP contribution in [0, 0.1) is 9.49 Å². The second-order valence-electron chi connectivity index (χ2n) is 4.79. The van der Waals surface area contributed by atoms with Crippen LogP contribution in [-0.2, 0) is 5.88 Å². The van der Waals surface area contributed by atoms with E-state index in [1.165, 1.54) is 9.09 Å². The zero-order valence-corrected chi connectivity index (χ0v) is 13.9. The van der Waals surface area contributed by atoms with Crippen molar-refractivity contribution < 1.29 is 0 Å². The van der Waals surface area contributed by atoms with Crippen LogP contribution in [-0.4, -0.2) is 9.55 Å². The third-order valence-electron chi connectivity index (χ3n) is 3.72. The molecule has 4 heteroatoms. The molecule has 0 aliphatic carbocycles. The minimum Gasteiger partial charge on any atom is -0.324 e. The maximum absolute atomic E-state index is 6.05. The molecule has 0 aliphatic heterocycles. The quantitative estimate of drug-likeness (QED) is 0.543. The van der Waals surface area contributed by atoms with Crippen molar-refractivity contribution in [2.75, 3.05) is 0 Å². The Labute approximate surface area is 127 Å². The largest absolute Gasteiger partial charge is 0.324 e. The highest BCUT2D eigenvalue weighted by Crippen LogP contribution is 2.29. The molecule has 2 unspecified atom stereocenters. The molecule has 0 amide bonds. The smallest absolute Gasteiger partial charge is 0.125 e. The molecule has 0 spiro atoms. The third-order valence-corrected chi connectivity index (χ3v) is 4.63. The van der Waals surface area contributed by atoms with E-state index in [0.717, 1.165) is 17.8 Å². The Hall–Kier alpha value is -0.290. The van der Waals surface area contributed by atoms with Crippen molar-refractivity contribution in [1.29, 1.82) is 0 Å². The highest BCUT2D eigenvalue weighted by atomic mass is 127. The fourth-order valence-electron chi connectivity index (χ4n) is 2.27. The van der Waals surface area contributed by atoms with Crippen molar-refractivity contribution >= 4 is 45.2 Å². The van der Waals surface area contributed by atoms with Gasteiger partial charge in [0.05, 0.1) is 16.9 Å². The Balaban J connectivity index is 2.60. The molecule has 0 N–H and O–H groups in total. The van der Waals surface area contributed by atoms with Crippen molar-refractivity contribution in [3.8, 4) is 0 Å². The van der Waals surface area contributed by atoms with Gasteiger partial charge >= 0.3 is 0 Å². The zero-order chi connectivity index (χ0) is 13.3. The van der Waals surface area contributed by atoms with Crippen LogP contribution in [0.25, 0.3) is 11.0 Å².